The number of aryl methyl sites for hydroxylation is 1. The Balaban J connectivity index is 0.00000225. The van der Waals surface area contributed by atoms with Gasteiger partial charge in [-0.05, 0) is 30.5 Å². The van der Waals surface area contributed by atoms with E-state index in [1.54, 1.807) is 0 Å². The SMILES string of the molecule is I.NC(=NCCCn1cnc2ccccc21)NCCc1ccccc1. The highest BCUT2D eigenvalue weighted by atomic mass is 127. The fourth-order valence-electron chi connectivity index (χ4n) is 2.66. The number of aromatic nitrogens is 2. The molecule has 5 nitrogen and oxygen atoms in total. The molecule has 3 N–H and O–H groups in total. The first-order valence-corrected chi connectivity index (χ1v) is 8.30. The van der Waals surface area contributed by atoms with E-state index in [-0.39, 0.29) is 24.0 Å². The Kier molecular flexibility index (Phi) is 7.72. The number of nitrogens with one attached hydrogen (secondary N) is 1. The van der Waals surface area contributed by atoms with Crippen LogP contribution >= 0.6 is 24.0 Å². The van der Waals surface area contributed by atoms with Crippen LogP contribution in [0.3, 0.4) is 0 Å². The summed E-state index contributed by atoms with van der Waals surface area (Å²) < 4.78 is 2.16. The summed E-state index contributed by atoms with van der Waals surface area (Å²) in [6, 6.07) is 18.5. The number of hydrogen-bond acceptors (Lipinski definition) is 2. The van der Waals surface area contributed by atoms with E-state index in [1.807, 2.05) is 42.7 Å². The Bertz CT molecular complexity index is 798. The van der Waals surface area contributed by atoms with Crippen molar-refractivity contribution in [1.82, 2.24) is 14.9 Å². The Morgan fingerprint density at radius 3 is 2.68 bits per heavy atom. The lowest BCUT2D eigenvalue weighted by atomic mass is 10.1. The molecule has 1 aromatic heterocycles. The minimum Gasteiger partial charge on any atom is -0.370 e. The lowest BCUT2D eigenvalue weighted by Gasteiger charge is -2.06. The zero-order valence-electron chi connectivity index (χ0n) is 14.1. The third-order valence-electron chi connectivity index (χ3n) is 3.93. The van der Waals surface area contributed by atoms with E-state index in [0.29, 0.717) is 12.5 Å². The van der Waals surface area contributed by atoms with Crippen molar-refractivity contribution in [2.75, 3.05) is 13.1 Å². The summed E-state index contributed by atoms with van der Waals surface area (Å²) in [5.74, 6) is 0.515. The zero-order valence-corrected chi connectivity index (χ0v) is 16.5. The fourth-order valence-corrected chi connectivity index (χ4v) is 2.66. The summed E-state index contributed by atoms with van der Waals surface area (Å²) in [5, 5.41) is 3.16. The lowest BCUT2D eigenvalue weighted by molar-refractivity contribution is 0.664. The van der Waals surface area contributed by atoms with Gasteiger partial charge < -0.3 is 15.6 Å². The first-order valence-electron chi connectivity index (χ1n) is 8.30. The van der Waals surface area contributed by atoms with Gasteiger partial charge in [0.15, 0.2) is 5.96 Å². The molecule has 0 radical (unpaired) electrons. The lowest BCUT2D eigenvalue weighted by Crippen LogP contribution is -2.33. The summed E-state index contributed by atoms with van der Waals surface area (Å²) in [5.41, 5.74) is 9.40. The molecule has 132 valence electrons. The van der Waals surface area contributed by atoms with Crippen molar-refractivity contribution in [3.8, 4) is 0 Å². The highest BCUT2D eigenvalue weighted by Crippen LogP contribution is 2.11. The summed E-state index contributed by atoms with van der Waals surface area (Å²) in [6.45, 7) is 2.39. The molecule has 3 aromatic rings. The van der Waals surface area contributed by atoms with Crippen LogP contribution in [0.2, 0.25) is 0 Å². The number of halogens is 1. The molecule has 1 heterocycles. The molecule has 0 saturated heterocycles. The van der Waals surface area contributed by atoms with E-state index in [0.717, 1.165) is 37.0 Å². The van der Waals surface area contributed by atoms with Crippen molar-refractivity contribution in [2.24, 2.45) is 10.7 Å². The standard InChI is InChI=1S/C19H23N5.HI/c20-19(22-13-11-16-7-2-1-3-8-16)21-12-6-14-24-15-23-17-9-4-5-10-18(17)24;/h1-5,7-10,15H,6,11-14H2,(H3,20,21,22);1H. The Morgan fingerprint density at radius 1 is 1.08 bits per heavy atom. The maximum atomic E-state index is 5.91. The smallest absolute Gasteiger partial charge is 0.188 e. The summed E-state index contributed by atoms with van der Waals surface area (Å²) in [7, 11) is 0. The van der Waals surface area contributed by atoms with Crippen LogP contribution in [0.15, 0.2) is 65.9 Å². The van der Waals surface area contributed by atoms with Crippen molar-refractivity contribution >= 4 is 41.0 Å². The minimum atomic E-state index is 0. The number of rotatable bonds is 7. The Morgan fingerprint density at radius 2 is 1.84 bits per heavy atom. The van der Waals surface area contributed by atoms with Crippen molar-refractivity contribution in [3.63, 3.8) is 0 Å². The Labute approximate surface area is 165 Å². The predicted octanol–water partition coefficient (Wildman–Crippen LogP) is 3.19. The van der Waals surface area contributed by atoms with Crippen molar-refractivity contribution in [2.45, 2.75) is 19.4 Å². The first-order chi connectivity index (χ1) is 11.8. The molecule has 3 rings (SSSR count). The number of nitrogens with two attached hydrogens (primary N) is 1. The topological polar surface area (TPSA) is 68.2 Å². The highest BCUT2D eigenvalue weighted by molar-refractivity contribution is 14.0. The van der Waals surface area contributed by atoms with Gasteiger partial charge in [-0.1, -0.05) is 42.5 Å². The van der Waals surface area contributed by atoms with Crippen LogP contribution in [0.5, 0.6) is 0 Å². The van der Waals surface area contributed by atoms with Gasteiger partial charge in [-0.15, -0.1) is 24.0 Å². The monoisotopic (exact) mass is 449 g/mol. The van der Waals surface area contributed by atoms with E-state index in [2.05, 4.69) is 38.1 Å². The second-order valence-corrected chi connectivity index (χ2v) is 5.71. The molecule has 0 fully saturated rings. The second-order valence-electron chi connectivity index (χ2n) is 5.71. The molecule has 0 amide bonds. The van der Waals surface area contributed by atoms with Gasteiger partial charge in [-0.3, -0.25) is 4.99 Å². The van der Waals surface area contributed by atoms with Gasteiger partial charge in [-0.25, -0.2) is 4.98 Å². The molecule has 2 aromatic carbocycles. The summed E-state index contributed by atoms with van der Waals surface area (Å²) in [6.07, 6.45) is 3.76. The second kappa shape index (κ2) is 10.0. The van der Waals surface area contributed by atoms with Gasteiger partial charge in [0.05, 0.1) is 17.4 Å². The van der Waals surface area contributed by atoms with E-state index in [9.17, 15) is 0 Å². The number of guanidine groups is 1. The van der Waals surface area contributed by atoms with Gasteiger partial charge in [0.25, 0.3) is 0 Å². The molecule has 6 heteroatoms. The van der Waals surface area contributed by atoms with Crippen molar-refractivity contribution in [3.05, 3.63) is 66.5 Å². The van der Waals surface area contributed by atoms with Crippen molar-refractivity contribution < 1.29 is 0 Å². The molecular formula is C19H24IN5. The summed E-state index contributed by atoms with van der Waals surface area (Å²) >= 11 is 0. The molecule has 0 aliphatic carbocycles. The Hall–Kier alpha value is -2.09. The van der Waals surface area contributed by atoms with Gasteiger partial charge >= 0.3 is 0 Å². The summed E-state index contributed by atoms with van der Waals surface area (Å²) in [4.78, 5) is 8.78. The average Bonchev–Trinajstić information content (AvgIpc) is 3.03. The molecule has 0 atom stereocenters. The van der Waals surface area contributed by atoms with E-state index in [4.69, 9.17) is 5.73 Å². The third-order valence-corrected chi connectivity index (χ3v) is 3.93. The van der Waals surface area contributed by atoms with Crippen LogP contribution in [0.25, 0.3) is 11.0 Å². The number of hydrogen-bond donors (Lipinski definition) is 2. The van der Waals surface area contributed by atoms with Gasteiger partial charge in [0.1, 0.15) is 0 Å². The van der Waals surface area contributed by atoms with Crippen LogP contribution in [0.4, 0.5) is 0 Å². The molecule has 25 heavy (non-hydrogen) atoms. The fraction of sp³-hybridized carbons (Fsp3) is 0.263. The van der Waals surface area contributed by atoms with Crippen LogP contribution in [0, 0.1) is 0 Å². The maximum absolute atomic E-state index is 5.91. The number of imidazole rings is 1. The number of para-hydroxylation sites is 2. The quantitative estimate of drug-likeness (QED) is 0.252. The van der Waals surface area contributed by atoms with Gasteiger partial charge in [0.2, 0.25) is 0 Å². The molecular weight excluding hydrogens is 425 g/mol. The van der Waals surface area contributed by atoms with Crippen molar-refractivity contribution in [1.29, 1.82) is 0 Å². The van der Waals surface area contributed by atoms with Crippen LogP contribution in [-0.2, 0) is 13.0 Å². The van der Waals surface area contributed by atoms with Gasteiger partial charge in [0, 0.05) is 19.6 Å². The molecule has 0 spiro atoms. The van der Waals surface area contributed by atoms with Crippen LogP contribution in [-0.4, -0.2) is 28.6 Å². The predicted molar refractivity (Wildman–Crippen MR) is 114 cm³/mol. The maximum Gasteiger partial charge on any atom is 0.188 e. The highest BCUT2D eigenvalue weighted by Gasteiger charge is 2.00. The molecule has 0 bridgehead atoms. The van der Waals surface area contributed by atoms with E-state index in [1.165, 1.54) is 5.56 Å². The zero-order chi connectivity index (χ0) is 16.6. The van der Waals surface area contributed by atoms with Crippen LogP contribution in [0.1, 0.15) is 12.0 Å². The number of benzene rings is 2. The first kappa shape index (κ1) is 19.2. The number of nitrogens with zero attached hydrogens (tertiary/aromatic N) is 3. The molecule has 0 aliphatic rings. The van der Waals surface area contributed by atoms with E-state index >= 15 is 0 Å². The molecule has 0 unspecified atom stereocenters. The largest absolute Gasteiger partial charge is 0.370 e. The van der Waals surface area contributed by atoms with Gasteiger partial charge in [-0.2, -0.15) is 0 Å². The average molecular weight is 449 g/mol. The normalized spacial score (nSPS) is 11.3. The number of aliphatic imine (C=N–C) groups is 1. The van der Waals surface area contributed by atoms with Crippen LogP contribution < -0.4 is 11.1 Å². The third kappa shape index (κ3) is 5.74. The molecule has 0 saturated carbocycles. The molecule has 0 aliphatic heterocycles. The number of fused-ring (bicyclic) bond motifs is 1. The minimum absolute atomic E-state index is 0. The van der Waals surface area contributed by atoms with E-state index < -0.39 is 0 Å².